The number of nitrogens with zero attached hydrogens (tertiary/aromatic N) is 4. The van der Waals surface area contributed by atoms with Crippen molar-refractivity contribution in [2.24, 2.45) is 0 Å². The second-order valence-corrected chi connectivity index (χ2v) is 9.84. The lowest BCUT2D eigenvalue weighted by Gasteiger charge is -2.26. The van der Waals surface area contributed by atoms with Crippen LogP contribution in [0.15, 0.2) is 60.0 Å². The van der Waals surface area contributed by atoms with E-state index in [2.05, 4.69) is 10.3 Å². The summed E-state index contributed by atoms with van der Waals surface area (Å²) in [6, 6.07) is 7.91. The van der Waals surface area contributed by atoms with Crippen molar-refractivity contribution in [1.29, 1.82) is 0 Å². The average molecular weight is 522 g/mol. The summed E-state index contributed by atoms with van der Waals surface area (Å²) in [7, 11) is -3.07. The molecule has 1 heterocycles. The van der Waals surface area contributed by atoms with Crippen molar-refractivity contribution in [3.8, 4) is 5.75 Å². The highest BCUT2D eigenvalue weighted by Crippen LogP contribution is 2.35. The van der Waals surface area contributed by atoms with Crippen LogP contribution in [0.5, 0.6) is 5.75 Å². The van der Waals surface area contributed by atoms with E-state index >= 15 is 0 Å². The third-order valence-corrected chi connectivity index (χ3v) is 7.13. The Labute approximate surface area is 207 Å². The first-order valence-corrected chi connectivity index (χ1v) is 12.3. The number of sulfonamides is 1. The summed E-state index contributed by atoms with van der Waals surface area (Å²) < 4.78 is 35.3. The van der Waals surface area contributed by atoms with E-state index in [1.54, 1.807) is 18.7 Å². The molecule has 1 amide bonds. The Bertz CT molecular complexity index is 1310. The van der Waals surface area contributed by atoms with E-state index in [4.69, 9.17) is 16.3 Å². The number of hydrogen-bond donors (Lipinski definition) is 1. The molecule has 0 saturated heterocycles. The number of ether oxygens (including phenoxy) is 1. The minimum Gasteiger partial charge on any atom is -0.495 e. The maximum Gasteiger partial charge on any atom is 0.273 e. The van der Waals surface area contributed by atoms with Crippen LogP contribution in [0.3, 0.4) is 0 Å². The summed E-state index contributed by atoms with van der Waals surface area (Å²) in [5.41, 5.74) is -0.0266. The van der Waals surface area contributed by atoms with Crippen molar-refractivity contribution in [2.75, 3.05) is 24.5 Å². The molecule has 3 aromatic rings. The molecule has 3 rings (SSSR count). The Morgan fingerprint density at radius 2 is 2.06 bits per heavy atom. The van der Waals surface area contributed by atoms with E-state index in [1.165, 1.54) is 44.4 Å². The van der Waals surface area contributed by atoms with Gasteiger partial charge in [0, 0.05) is 42.1 Å². The summed E-state index contributed by atoms with van der Waals surface area (Å²) in [6.07, 6.45) is 5.69. The van der Waals surface area contributed by atoms with Crippen molar-refractivity contribution in [1.82, 2.24) is 14.9 Å². The van der Waals surface area contributed by atoms with E-state index in [1.807, 2.05) is 4.57 Å². The average Bonchev–Trinajstić information content (AvgIpc) is 3.33. The number of amides is 1. The van der Waals surface area contributed by atoms with Gasteiger partial charge in [0.05, 0.1) is 28.9 Å². The first-order chi connectivity index (χ1) is 16.6. The zero-order valence-electron chi connectivity index (χ0n) is 19.0. The van der Waals surface area contributed by atoms with Gasteiger partial charge < -0.3 is 14.6 Å². The zero-order valence-corrected chi connectivity index (χ0v) is 20.6. The number of imidazole rings is 1. The lowest BCUT2D eigenvalue weighted by atomic mass is 10.2. The van der Waals surface area contributed by atoms with Crippen molar-refractivity contribution in [3.63, 3.8) is 0 Å². The number of benzene rings is 2. The predicted molar refractivity (Wildman–Crippen MR) is 130 cm³/mol. The lowest BCUT2D eigenvalue weighted by molar-refractivity contribution is -0.385. The molecule has 1 N–H and O–H groups in total. The normalized spacial score (nSPS) is 11.2. The molecular weight excluding hydrogens is 498 g/mol. The van der Waals surface area contributed by atoms with Gasteiger partial charge in [0.1, 0.15) is 12.3 Å². The number of nitro benzene ring substituents is 1. The van der Waals surface area contributed by atoms with Gasteiger partial charge in [-0.15, -0.1) is 0 Å². The van der Waals surface area contributed by atoms with E-state index in [0.29, 0.717) is 25.1 Å². The van der Waals surface area contributed by atoms with Crippen LogP contribution in [0.2, 0.25) is 5.02 Å². The number of nitro groups is 1. The lowest BCUT2D eigenvalue weighted by Crippen LogP contribution is -2.41. The fraction of sp³-hybridized carbons (Fsp3) is 0.273. The van der Waals surface area contributed by atoms with Gasteiger partial charge in [-0.25, -0.2) is 13.4 Å². The molecule has 0 atom stereocenters. The molecule has 0 aliphatic rings. The van der Waals surface area contributed by atoms with Crippen molar-refractivity contribution < 1.29 is 22.9 Å². The van der Waals surface area contributed by atoms with Crippen LogP contribution in [0, 0.1) is 17.0 Å². The quantitative estimate of drug-likeness (QED) is 0.232. The number of methoxy groups -OCH3 is 1. The molecule has 186 valence electrons. The molecule has 0 fully saturated rings. The summed E-state index contributed by atoms with van der Waals surface area (Å²) in [5.74, 6) is -0.407. The summed E-state index contributed by atoms with van der Waals surface area (Å²) >= 11 is 6.11. The first-order valence-electron chi connectivity index (χ1n) is 10.5. The van der Waals surface area contributed by atoms with Crippen LogP contribution in [0.25, 0.3) is 0 Å². The first kappa shape index (κ1) is 26.0. The van der Waals surface area contributed by atoms with E-state index < -0.39 is 27.4 Å². The van der Waals surface area contributed by atoms with Gasteiger partial charge in [-0.05, 0) is 37.6 Å². The number of nitrogens with one attached hydrogen (secondary N) is 1. The SMILES string of the molecule is COc1ccc(Cl)cc1N(CC(=O)NCCCn1ccnc1)S(=O)(=O)c1ccc(C)c([N+](=O)[O-])c1. The van der Waals surface area contributed by atoms with Crippen molar-refractivity contribution in [3.05, 3.63) is 75.8 Å². The summed E-state index contributed by atoms with van der Waals surface area (Å²) in [5, 5.41) is 14.3. The molecule has 0 aliphatic carbocycles. The van der Waals surface area contributed by atoms with Crippen LogP contribution >= 0.6 is 11.6 Å². The van der Waals surface area contributed by atoms with Crippen LogP contribution in [-0.4, -0.2) is 49.0 Å². The molecule has 0 saturated carbocycles. The van der Waals surface area contributed by atoms with Crippen molar-refractivity contribution >= 4 is 38.9 Å². The van der Waals surface area contributed by atoms with Gasteiger partial charge in [0.25, 0.3) is 15.7 Å². The molecule has 0 radical (unpaired) electrons. The number of aryl methyl sites for hydroxylation is 2. The van der Waals surface area contributed by atoms with Gasteiger partial charge in [-0.2, -0.15) is 0 Å². The van der Waals surface area contributed by atoms with Crippen LogP contribution in [0.1, 0.15) is 12.0 Å². The second kappa shape index (κ2) is 11.2. The third-order valence-electron chi connectivity index (χ3n) is 5.14. The minimum atomic E-state index is -4.42. The minimum absolute atomic E-state index is 0.0248. The summed E-state index contributed by atoms with van der Waals surface area (Å²) in [4.78, 5) is 27.1. The standard InChI is InChI=1S/C22H24ClN5O6S/c1-16-4-6-18(13-19(16)28(30)31)35(32,33)27(20-12-17(23)5-7-21(20)34-2)14-22(29)25-8-3-10-26-11-9-24-15-26/h4-7,9,11-13,15H,3,8,10,14H2,1-2H3,(H,25,29). The smallest absolute Gasteiger partial charge is 0.273 e. The van der Waals surface area contributed by atoms with E-state index in [-0.39, 0.29) is 27.0 Å². The summed E-state index contributed by atoms with van der Waals surface area (Å²) in [6.45, 7) is 1.83. The topological polar surface area (TPSA) is 137 Å². The number of carbonyl (C=O) groups is 1. The monoisotopic (exact) mass is 521 g/mol. The Hall–Kier alpha value is -3.64. The van der Waals surface area contributed by atoms with Crippen LogP contribution < -0.4 is 14.4 Å². The molecule has 0 aliphatic heterocycles. The van der Waals surface area contributed by atoms with E-state index in [9.17, 15) is 23.3 Å². The number of anilines is 1. The molecule has 0 unspecified atom stereocenters. The predicted octanol–water partition coefficient (Wildman–Crippen LogP) is 3.16. The molecule has 11 nitrogen and oxygen atoms in total. The fourth-order valence-electron chi connectivity index (χ4n) is 3.33. The van der Waals surface area contributed by atoms with Crippen molar-refractivity contribution in [2.45, 2.75) is 24.8 Å². The van der Waals surface area contributed by atoms with Crippen LogP contribution in [-0.2, 0) is 21.4 Å². The Kier molecular flexibility index (Phi) is 8.30. The van der Waals surface area contributed by atoms with Gasteiger partial charge in [-0.1, -0.05) is 17.7 Å². The zero-order chi connectivity index (χ0) is 25.6. The molecule has 2 aromatic carbocycles. The molecular formula is C22H24ClN5O6S. The highest BCUT2D eigenvalue weighted by Gasteiger charge is 2.31. The largest absolute Gasteiger partial charge is 0.495 e. The molecule has 35 heavy (non-hydrogen) atoms. The molecule has 0 bridgehead atoms. The molecule has 1 aromatic heterocycles. The molecule has 0 spiro atoms. The Morgan fingerprint density at radius 1 is 1.29 bits per heavy atom. The Morgan fingerprint density at radius 3 is 2.71 bits per heavy atom. The molecule has 13 heteroatoms. The maximum atomic E-state index is 13.6. The highest BCUT2D eigenvalue weighted by molar-refractivity contribution is 7.92. The van der Waals surface area contributed by atoms with Crippen LogP contribution in [0.4, 0.5) is 11.4 Å². The number of hydrogen-bond acceptors (Lipinski definition) is 7. The van der Waals surface area contributed by atoms with Gasteiger partial charge in [-0.3, -0.25) is 19.2 Å². The third kappa shape index (κ3) is 6.28. The van der Waals surface area contributed by atoms with Gasteiger partial charge in [0.2, 0.25) is 5.91 Å². The number of carbonyl (C=O) groups excluding carboxylic acids is 1. The highest BCUT2D eigenvalue weighted by atomic mass is 35.5. The van der Waals surface area contributed by atoms with Gasteiger partial charge in [0.15, 0.2) is 0 Å². The number of aromatic nitrogens is 2. The maximum absolute atomic E-state index is 13.6. The number of halogens is 1. The fourth-order valence-corrected chi connectivity index (χ4v) is 4.94. The van der Waals surface area contributed by atoms with Gasteiger partial charge >= 0.3 is 0 Å². The number of rotatable bonds is 11. The van der Waals surface area contributed by atoms with E-state index in [0.717, 1.165) is 10.4 Å². The Balaban J connectivity index is 1.91. The second-order valence-electron chi connectivity index (χ2n) is 7.54.